The average Bonchev–Trinajstić information content (AvgIpc) is 3.23. The predicted octanol–water partition coefficient (Wildman–Crippen LogP) is 1.97. The second-order valence-corrected chi connectivity index (χ2v) is 6.59. The first kappa shape index (κ1) is 16.0. The van der Waals surface area contributed by atoms with Crippen LogP contribution < -0.4 is 10.1 Å². The van der Waals surface area contributed by atoms with E-state index in [0.29, 0.717) is 18.0 Å². The van der Waals surface area contributed by atoms with Crippen LogP contribution >= 0.6 is 11.3 Å². The summed E-state index contributed by atoms with van der Waals surface area (Å²) in [4.78, 5) is 12.5. The number of methoxy groups -OCH3 is 1. The molecule has 0 spiro atoms. The second-order valence-electron chi connectivity index (χ2n) is 5.81. The van der Waals surface area contributed by atoms with Crippen LogP contribution in [0.2, 0.25) is 0 Å². The molecule has 1 N–H and O–H groups in total. The summed E-state index contributed by atoms with van der Waals surface area (Å²) < 4.78 is 12.3. The van der Waals surface area contributed by atoms with E-state index in [2.05, 4.69) is 27.2 Å². The molecule has 0 atom stereocenters. The fraction of sp³-hybridized carbons (Fsp3) is 0.500. The fourth-order valence-corrected chi connectivity index (χ4v) is 3.79. The van der Waals surface area contributed by atoms with Crippen LogP contribution in [0.25, 0.3) is 0 Å². The Morgan fingerprint density at radius 1 is 1.52 bits per heavy atom. The molecule has 1 aliphatic rings. The Morgan fingerprint density at radius 3 is 2.96 bits per heavy atom. The van der Waals surface area contributed by atoms with Crippen molar-refractivity contribution < 1.29 is 14.3 Å². The molecule has 23 heavy (non-hydrogen) atoms. The van der Waals surface area contributed by atoms with Crippen molar-refractivity contribution in [3.8, 4) is 5.88 Å². The van der Waals surface area contributed by atoms with Crippen molar-refractivity contribution in [3.63, 3.8) is 0 Å². The van der Waals surface area contributed by atoms with E-state index in [4.69, 9.17) is 9.47 Å². The lowest BCUT2D eigenvalue weighted by atomic mass is 9.75. The van der Waals surface area contributed by atoms with E-state index < -0.39 is 0 Å². The van der Waals surface area contributed by atoms with E-state index in [9.17, 15) is 4.79 Å². The molecule has 0 aliphatic carbocycles. The van der Waals surface area contributed by atoms with Crippen LogP contribution in [-0.2, 0) is 17.2 Å². The summed E-state index contributed by atoms with van der Waals surface area (Å²) >= 11 is 1.68. The maximum Gasteiger partial charge on any atom is 0.258 e. The third-order valence-corrected chi connectivity index (χ3v) is 5.09. The van der Waals surface area contributed by atoms with Gasteiger partial charge in [0.25, 0.3) is 5.91 Å². The molecule has 7 heteroatoms. The molecular weight excluding hydrogens is 314 g/mol. The van der Waals surface area contributed by atoms with Gasteiger partial charge in [-0.15, -0.1) is 5.10 Å². The highest BCUT2D eigenvalue weighted by atomic mass is 32.1. The number of nitrogens with one attached hydrogen (secondary N) is 1. The van der Waals surface area contributed by atoms with E-state index in [1.165, 1.54) is 12.7 Å². The molecule has 1 amide bonds. The van der Waals surface area contributed by atoms with E-state index >= 15 is 0 Å². The lowest BCUT2D eigenvalue weighted by Gasteiger charge is -2.37. The Bertz CT molecular complexity index is 660. The molecule has 124 valence electrons. The first-order valence-electron chi connectivity index (χ1n) is 7.61. The van der Waals surface area contributed by atoms with Crippen molar-refractivity contribution >= 4 is 17.2 Å². The number of hydrogen-bond acceptors (Lipinski definition) is 5. The lowest BCUT2D eigenvalue weighted by molar-refractivity contribution is 0.0488. The standard InChI is InChI=1S/C16H21N3O3S/c1-19-9-13(15(18-19)21-2)14(20)17-11-16(4-6-22-7-5-16)12-3-8-23-10-12/h3,8-10H,4-7,11H2,1-2H3,(H,17,20). The van der Waals surface area contributed by atoms with Gasteiger partial charge in [-0.1, -0.05) is 0 Å². The molecule has 1 saturated heterocycles. The highest BCUT2D eigenvalue weighted by molar-refractivity contribution is 7.08. The number of aryl methyl sites for hydroxylation is 1. The quantitative estimate of drug-likeness (QED) is 0.907. The monoisotopic (exact) mass is 335 g/mol. The van der Waals surface area contributed by atoms with Gasteiger partial charge in [-0.25, -0.2) is 0 Å². The first-order valence-corrected chi connectivity index (χ1v) is 8.55. The molecule has 3 rings (SSSR count). The van der Waals surface area contributed by atoms with Crippen molar-refractivity contribution in [2.24, 2.45) is 7.05 Å². The van der Waals surface area contributed by atoms with Gasteiger partial charge < -0.3 is 14.8 Å². The van der Waals surface area contributed by atoms with Gasteiger partial charge in [0.2, 0.25) is 5.88 Å². The Balaban J connectivity index is 1.75. The van der Waals surface area contributed by atoms with Crippen LogP contribution in [0, 0.1) is 0 Å². The topological polar surface area (TPSA) is 65.4 Å². The number of rotatable bonds is 5. The molecule has 2 aromatic heterocycles. The van der Waals surface area contributed by atoms with Crippen molar-refractivity contribution in [2.45, 2.75) is 18.3 Å². The van der Waals surface area contributed by atoms with Crippen LogP contribution in [0.1, 0.15) is 28.8 Å². The van der Waals surface area contributed by atoms with Crippen molar-refractivity contribution in [3.05, 3.63) is 34.2 Å². The van der Waals surface area contributed by atoms with Crippen molar-refractivity contribution in [1.82, 2.24) is 15.1 Å². The van der Waals surface area contributed by atoms with Gasteiger partial charge in [0.1, 0.15) is 5.56 Å². The van der Waals surface area contributed by atoms with Crippen LogP contribution in [-0.4, -0.2) is 42.6 Å². The Labute approximate surface area is 139 Å². The third-order valence-electron chi connectivity index (χ3n) is 4.40. The van der Waals surface area contributed by atoms with Crippen LogP contribution in [0.3, 0.4) is 0 Å². The maximum absolute atomic E-state index is 12.5. The molecule has 0 saturated carbocycles. The highest BCUT2D eigenvalue weighted by Gasteiger charge is 2.35. The predicted molar refractivity (Wildman–Crippen MR) is 88.1 cm³/mol. The number of carbonyl (C=O) groups is 1. The van der Waals surface area contributed by atoms with Gasteiger partial charge >= 0.3 is 0 Å². The Hall–Kier alpha value is -1.86. The molecule has 0 aromatic carbocycles. The minimum atomic E-state index is -0.156. The Morgan fingerprint density at radius 2 is 2.30 bits per heavy atom. The summed E-state index contributed by atoms with van der Waals surface area (Å²) in [7, 11) is 3.29. The van der Waals surface area contributed by atoms with Crippen molar-refractivity contribution in [1.29, 1.82) is 0 Å². The van der Waals surface area contributed by atoms with Crippen LogP contribution in [0.4, 0.5) is 0 Å². The zero-order valence-corrected chi connectivity index (χ0v) is 14.2. The summed E-state index contributed by atoms with van der Waals surface area (Å²) in [6, 6.07) is 2.15. The normalized spacial score (nSPS) is 17.0. The molecule has 1 aliphatic heterocycles. The summed E-state index contributed by atoms with van der Waals surface area (Å²) in [5.74, 6) is 0.192. The number of hydrogen-bond donors (Lipinski definition) is 1. The number of amides is 1. The van der Waals surface area contributed by atoms with E-state index in [1.54, 1.807) is 29.3 Å². The van der Waals surface area contributed by atoms with Crippen LogP contribution in [0.15, 0.2) is 23.0 Å². The minimum Gasteiger partial charge on any atom is -0.479 e. The van der Waals surface area contributed by atoms with E-state index in [-0.39, 0.29) is 11.3 Å². The summed E-state index contributed by atoms with van der Waals surface area (Å²) in [5, 5.41) is 11.4. The molecule has 2 aromatic rings. The first-order chi connectivity index (χ1) is 11.1. The fourth-order valence-electron chi connectivity index (χ4n) is 3.02. The summed E-state index contributed by atoms with van der Waals surface area (Å²) in [5.41, 5.74) is 1.69. The van der Waals surface area contributed by atoms with Gasteiger partial charge in [0.15, 0.2) is 0 Å². The zero-order valence-electron chi connectivity index (χ0n) is 13.4. The minimum absolute atomic E-state index is 0.0522. The second kappa shape index (κ2) is 6.72. The average molecular weight is 335 g/mol. The zero-order chi connectivity index (χ0) is 16.3. The number of ether oxygens (including phenoxy) is 2. The smallest absolute Gasteiger partial charge is 0.258 e. The van der Waals surface area contributed by atoms with Gasteiger partial charge in [-0.2, -0.15) is 11.3 Å². The molecule has 0 bridgehead atoms. The van der Waals surface area contributed by atoms with E-state index in [0.717, 1.165) is 26.1 Å². The number of nitrogens with zero attached hydrogens (tertiary/aromatic N) is 2. The number of thiophene rings is 1. The molecule has 0 unspecified atom stereocenters. The van der Waals surface area contributed by atoms with E-state index in [1.807, 2.05) is 0 Å². The highest BCUT2D eigenvalue weighted by Crippen LogP contribution is 2.35. The largest absolute Gasteiger partial charge is 0.479 e. The van der Waals surface area contributed by atoms with Gasteiger partial charge in [-0.3, -0.25) is 9.48 Å². The van der Waals surface area contributed by atoms with Gasteiger partial charge in [-0.05, 0) is 35.2 Å². The number of carbonyl (C=O) groups excluding carboxylic acids is 1. The molecule has 6 nitrogen and oxygen atoms in total. The third kappa shape index (κ3) is 3.25. The molecule has 1 fully saturated rings. The molecular formula is C16H21N3O3S. The van der Waals surface area contributed by atoms with Crippen molar-refractivity contribution in [2.75, 3.05) is 26.9 Å². The SMILES string of the molecule is COc1nn(C)cc1C(=O)NCC1(c2ccsc2)CCOCC1. The molecule has 3 heterocycles. The lowest BCUT2D eigenvalue weighted by Crippen LogP contribution is -2.44. The van der Waals surface area contributed by atoms with Gasteiger partial charge in [0, 0.05) is 38.4 Å². The van der Waals surface area contributed by atoms with Gasteiger partial charge in [0.05, 0.1) is 7.11 Å². The summed E-state index contributed by atoms with van der Waals surface area (Å²) in [6.45, 7) is 2.04. The molecule has 0 radical (unpaired) electrons. The summed E-state index contributed by atoms with van der Waals surface area (Å²) in [6.07, 6.45) is 3.50. The van der Waals surface area contributed by atoms with Crippen LogP contribution in [0.5, 0.6) is 5.88 Å². The Kier molecular flexibility index (Phi) is 4.68. The number of aromatic nitrogens is 2. The maximum atomic E-state index is 12.5.